The molecule has 1 saturated heterocycles. The van der Waals surface area contributed by atoms with Crippen LogP contribution in [0.15, 0.2) is 17.0 Å². The number of nitrogens with zero attached hydrogens (tertiary/aromatic N) is 1. The maximum atomic E-state index is 12.6. The monoisotopic (exact) mass is 325 g/mol. The number of amides is 1. The SMILES string of the molecule is CNC1CCN(C(=O)c2cc(C)c(C)c(S(N)(=O)=O)c2)CC1. The van der Waals surface area contributed by atoms with E-state index in [-0.39, 0.29) is 10.8 Å². The van der Waals surface area contributed by atoms with Crippen LogP contribution in [0.1, 0.15) is 34.3 Å². The molecule has 0 aliphatic carbocycles. The molecule has 1 fully saturated rings. The van der Waals surface area contributed by atoms with Gasteiger partial charge in [-0.05, 0) is 57.0 Å². The molecule has 0 saturated carbocycles. The molecule has 1 heterocycles. The zero-order chi connectivity index (χ0) is 16.5. The molecular formula is C15H23N3O3S. The third kappa shape index (κ3) is 3.48. The van der Waals surface area contributed by atoms with Crippen molar-refractivity contribution in [2.24, 2.45) is 5.14 Å². The van der Waals surface area contributed by atoms with E-state index in [1.807, 2.05) is 7.05 Å². The number of piperidine rings is 1. The van der Waals surface area contributed by atoms with E-state index in [4.69, 9.17) is 5.14 Å². The number of sulfonamides is 1. The summed E-state index contributed by atoms with van der Waals surface area (Å²) in [6, 6.07) is 3.56. The lowest BCUT2D eigenvalue weighted by Gasteiger charge is -2.32. The fourth-order valence-corrected chi connectivity index (χ4v) is 3.68. The zero-order valence-corrected chi connectivity index (χ0v) is 14.0. The van der Waals surface area contributed by atoms with Crippen LogP contribution in [-0.4, -0.2) is 45.4 Å². The Labute approximate surface area is 131 Å². The third-order valence-electron chi connectivity index (χ3n) is 4.36. The molecule has 1 amide bonds. The maximum absolute atomic E-state index is 12.6. The van der Waals surface area contributed by atoms with Crippen LogP contribution in [-0.2, 0) is 10.0 Å². The van der Waals surface area contributed by atoms with E-state index in [0.29, 0.717) is 30.3 Å². The lowest BCUT2D eigenvalue weighted by molar-refractivity contribution is 0.0707. The Balaban J connectivity index is 2.30. The second-order valence-electron chi connectivity index (χ2n) is 5.82. The summed E-state index contributed by atoms with van der Waals surface area (Å²) >= 11 is 0. The summed E-state index contributed by atoms with van der Waals surface area (Å²) in [6.45, 7) is 4.82. The van der Waals surface area contributed by atoms with Gasteiger partial charge in [-0.1, -0.05) is 0 Å². The van der Waals surface area contributed by atoms with E-state index >= 15 is 0 Å². The lowest BCUT2D eigenvalue weighted by Crippen LogP contribution is -2.44. The minimum atomic E-state index is -3.84. The number of primary sulfonamides is 1. The van der Waals surface area contributed by atoms with Gasteiger partial charge in [-0.2, -0.15) is 0 Å². The van der Waals surface area contributed by atoms with Crippen LogP contribution in [0, 0.1) is 13.8 Å². The topological polar surface area (TPSA) is 92.5 Å². The summed E-state index contributed by atoms with van der Waals surface area (Å²) in [4.78, 5) is 14.4. The molecule has 0 bridgehead atoms. The van der Waals surface area contributed by atoms with Gasteiger partial charge in [0.05, 0.1) is 4.90 Å². The number of nitrogens with one attached hydrogen (secondary N) is 1. The van der Waals surface area contributed by atoms with E-state index in [0.717, 1.165) is 18.4 Å². The molecule has 7 heteroatoms. The Hall–Kier alpha value is -1.44. The average Bonchev–Trinajstić information content (AvgIpc) is 2.48. The quantitative estimate of drug-likeness (QED) is 0.859. The van der Waals surface area contributed by atoms with Crippen LogP contribution in [0.3, 0.4) is 0 Å². The van der Waals surface area contributed by atoms with Gasteiger partial charge in [0.2, 0.25) is 10.0 Å². The van der Waals surface area contributed by atoms with Crippen molar-refractivity contribution in [2.75, 3.05) is 20.1 Å². The predicted octanol–water partition coefficient (Wildman–Crippen LogP) is 0.775. The smallest absolute Gasteiger partial charge is 0.253 e. The maximum Gasteiger partial charge on any atom is 0.253 e. The van der Waals surface area contributed by atoms with Crippen LogP contribution in [0.25, 0.3) is 0 Å². The normalized spacial score (nSPS) is 16.8. The molecule has 0 unspecified atom stereocenters. The second-order valence-corrected chi connectivity index (χ2v) is 7.35. The van der Waals surface area contributed by atoms with E-state index in [1.165, 1.54) is 6.07 Å². The Morgan fingerprint density at radius 3 is 2.36 bits per heavy atom. The molecule has 122 valence electrons. The highest BCUT2D eigenvalue weighted by atomic mass is 32.2. The van der Waals surface area contributed by atoms with Gasteiger partial charge in [-0.15, -0.1) is 0 Å². The van der Waals surface area contributed by atoms with E-state index in [1.54, 1.807) is 24.8 Å². The number of carbonyl (C=O) groups is 1. The van der Waals surface area contributed by atoms with Gasteiger partial charge in [0.25, 0.3) is 5.91 Å². The fourth-order valence-electron chi connectivity index (χ4n) is 2.80. The second kappa shape index (κ2) is 6.36. The van der Waals surface area contributed by atoms with Crippen LogP contribution in [0.2, 0.25) is 0 Å². The van der Waals surface area contributed by atoms with Gasteiger partial charge >= 0.3 is 0 Å². The first-order valence-corrected chi connectivity index (χ1v) is 8.89. The molecule has 0 radical (unpaired) electrons. The van der Waals surface area contributed by atoms with Crippen molar-refractivity contribution in [1.82, 2.24) is 10.2 Å². The van der Waals surface area contributed by atoms with Crippen LogP contribution >= 0.6 is 0 Å². The molecule has 22 heavy (non-hydrogen) atoms. The summed E-state index contributed by atoms with van der Waals surface area (Å²) in [5, 5.41) is 8.46. The summed E-state index contributed by atoms with van der Waals surface area (Å²) in [6.07, 6.45) is 1.80. The first-order valence-electron chi connectivity index (χ1n) is 7.34. The lowest BCUT2D eigenvalue weighted by atomic mass is 10.0. The Bertz CT molecular complexity index is 678. The number of likely N-dealkylation sites (tertiary alicyclic amines) is 1. The molecule has 1 aromatic carbocycles. The minimum Gasteiger partial charge on any atom is -0.339 e. The number of nitrogens with two attached hydrogens (primary N) is 1. The van der Waals surface area contributed by atoms with Gasteiger partial charge in [0.1, 0.15) is 0 Å². The highest BCUT2D eigenvalue weighted by molar-refractivity contribution is 7.89. The van der Waals surface area contributed by atoms with Crippen LogP contribution in [0.5, 0.6) is 0 Å². The first kappa shape index (κ1) is 16.9. The molecule has 1 aliphatic rings. The van der Waals surface area contributed by atoms with E-state index < -0.39 is 10.0 Å². The Morgan fingerprint density at radius 1 is 1.27 bits per heavy atom. The van der Waals surface area contributed by atoms with Crippen molar-refractivity contribution in [1.29, 1.82) is 0 Å². The summed E-state index contributed by atoms with van der Waals surface area (Å²) in [7, 11) is -1.92. The number of hydrogen-bond donors (Lipinski definition) is 2. The van der Waals surface area contributed by atoms with Crippen molar-refractivity contribution < 1.29 is 13.2 Å². The fraction of sp³-hybridized carbons (Fsp3) is 0.533. The highest BCUT2D eigenvalue weighted by Crippen LogP contribution is 2.22. The van der Waals surface area contributed by atoms with E-state index in [9.17, 15) is 13.2 Å². The molecular weight excluding hydrogens is 302 g/mol. The predicted molar refractivity (Wildman–Crippen MR) is 85.3 cm³/mol. The third-order valence-corrected chi connectivity index (χ3v) is 5.40. The molecule has 1 aliphatic heterocycles. The molecule has 3 N–H and O–H groups in total. The average molecular weight is 325 g/mol. The first-order chi connectivity index (χ1) is 10.2. The molecule has 2 rings (SSSR count). The van der Waals surface area contributed by atoms with Crippen molar-refractivity contribution in [3.8, 4) is 0 Å². The van der Waals surface area contributed by atoms with Crippen molar-refractivity contribution in [3.63, 3.8) is 0 Å². The minimum absolute atomic E-state index is 0.0287. The van der Waals surface area contributed by atoms with E-state index in [2.05, 4.69) is 5.32 Å². The van der Waals surface area contributed by atoms with Crippen LogP contribution in [0.4, 0.5) is 0 Å². The number of hydrogen-bond acceptors (Lipinski definition) is 4. The number of rotatable bonds is 3. The largest absolute Gasteiger partial charge is 0.339 e. The number of carbonyl (C=O) groups excluding carboxylic acids is 1. The van der Waals surface area contributed by atoms with Gasteiger partial charge in [0, 0.05) is 24.7 Å². The Morgan fingerprint density at radius 2 is 1.86 bits per heavy atom. The van der Waals surface area contributed by atoms with Gasteiger partial charge in [-0.3, -0.25) is 4.79 Å². The van der Waals surface area contributed by atoms with Crippen molar-refractivity contribution >= 4 is 15.9 Å². The Kier molecular flexibility index (Phi) is 4.89. The van der Waals surface area contributed by atoms with Crippen molar-refractivity contribution in [3.05, 3.63) is 28.8 Å². The summed E-state index contributed by atoms with van der Waals surface area (Å²) in [5.74, 6) is -0.137. The van der Waals surface area contributed by atoms with Gasteiger partial charge in [0.15, 0.2) is 0 Å². The molecule has 0 atom stereocenters. The highest BCUT2D eigenvalue weighted by Gasteiger charge is 2.24. The standard InChI is InChI=1S/C15H23N3O3S/c1-10-8-12(9-14(11(10)2)22(16,20)21)15(19)18-6-4-13(17-3)5-7-18/h8-9,13,17H,4-7H2,1-3H3,(H2,16,20,21). The summed E-state index contributed by atoms with van der Waals surface area (Å²) in [5.41, 5.74) is 1.72. The van der Waals surface area contributed by atoms with Gasteiger partial charge in [-0.25, -0.2) is 13.6 Å². The zero-order valence-electron chi connectivity index (χ0n) is 13.2. The van der Waals surface area contributed by atoms with Crippen molar-refractivity contribution in [2.45, 2.75) is 37.6 Å². The molecule has 6 nitrogen and oxygen atoms in total. The molecule has 1 aromatic rings. The van der Waals surface area contributed by atoms with Gasteiger partial charge < -0.3 is 10.2 Å². The number of aryl methyl sites for hydroxylation is 1. The molecule has 0 spiro atoms. The summed E-state index contributed by atoms with van der Waals surface area (Å²) < 4.78 is 23.4. The number of benzene rings is 1. The molecule has 0 aromatic heterocycles. The van der Waals surface area contributed by atoms with Crippen LogP contribution < -0.4 is 10.5 Å².